The number of likely N-dealkylation sites (tertiary alicyclic amines) is 2. The summed E-state index contributed by atoms with van der Waals surface area (Å²) in [6, 6.07) is 4.55. The Morgan fingerprint density at radius 3 is 1.82 bits per heavy atom. The van der Waals surface area contributed by atoms with Crippen molar-refractivity contribution >= 4 is 12.7 Å². The Bertz CT molecular complexity index is 777. The van der Waals surface area contributed by atoms with E-state index in [1.54, 1.807) is 0 Å². The van der Waals surface area contributed by atoms with Gasteiger partial charge in [0.05, 0.1) is 5.92 Å². The zero-order valence-electron chi connectivity index (χ0n) is 26.0. The first kappa shape index (κ1) is 39.1. The number of hydrogen-bond acceptors (Lipinski definition) is 4. The summed E-state index contributed by atoms with van der Waals surface area (Å²) in [6.45, 7) is 20.7. The minimum absolute atomic E-state index is 0. The van der Waals surface area contributed by atoms with Crippen molar-refractivity contribution in [2.75, 3.05) is 39.4 Å². The molecule has 40 heavy (non-hydrogen) atoms. The van der Waals surface area contributed by atoms with E-state index in [-0.39, 0.29) is 41.0 Å². The summed E-state index contributed by atoms with van der Waals surface area (Å²) < 4.78 is 28.8. The molecule has 1 unspecified atom stereocenters. The van der Waals surface area contributed by atoms with Crippen LogP contribution >= 0.6 is 0 Å². The molecule has 3 heterocycles. The van der Waals surface area contributed by atoms with Crippen LogP contribution in [-0.2, 0) is 14.3 Å². The van der Waals surface area contributed by atoms with Gasteiger partial charge < -0.3 is 20.9 Å². The number of ether oxygens (including phenoxy) is 1. The predicted molar refractivity (Wildman–Crippen MR) is 155 cm³/mol. The number of hydrogen-bond donors (Lipinski definition) is 0. The number of rotatable bonds is 1. The fourth-order valence-electron chi connectivity index (χ4n) is 4.99. The molecule has 1 aromatic rings. The third-order valence-electron chi connectivity index (χ3n) is 7.57. The molecule has 1 aromatic carbocycles. The monoisotopic (exact) mass is 573 g/mol. The van der Waals surface area contributed by atoms with Gasteiger partial charge >= 0.3 is 29.6 Å². The molecule has 4 fully saturated rings. The van der Waals surface area contributed by atoms with Gasteiger partial charge in [-0.1, -0.05) is 32.8 Å². The molecule has 1 amide bonds. The molecular formula is C32H52F2N2NaO3-. The van der Waals surface area contributed by atoms with Gasteiger partial charge in [-0.15, -0.1) is 0 Å². The van der Waals surface area contributed by atoms with Gasteiger partial charge in [0.15, 0.2) is 0 Å². The van der Waals surface area contributed by atoms with Crippen LogP contribution in [0.25, 0.3) is 0 Å². The summed E-state index contributed by atoms with van der Waals surface area (Å²) in [7, 11) is 0. The van der Waals surface area contributed by atoms with Gasteiger partial charge in [0.2, 0.25) is 5.91 Å². The van der Waals surface area contributed by atoms with E-state index in [0.29, 0.717) is 11.3 Å². The van der Waals surface area contributed by atoms with Crippen LogP contribution in [0.3, 0.4) is 0 Å². The van der Waals surface area contributed by atoms with E-state index in [0.717, 1.165) is 51.9 Å². The van der Waals surface area contributed by atoms with Crippen molar-refractivity contribution in [2.45, 2.75) is 97.9 Å². The smallest absolute Gasteiger partial charge is 0.545 e. The van der Waals surface area contributed by atoms with Crippen LogP contribution in [0.4, 0.5) is 8.78 Å². The number of halogens is 2. The van der Waals surface area contributed by atoms with Crippen LogP contribution in [-0.4, -0.2) is 67.4 Å². The van der Waals surface area contributed by atoms with Crippen LogP contribution in [0.5, 0.6) is 0 Å². The maximum Gasteiger partial charge on any atom is 1.00 e. The molecule has 0 bridgehead atoms. The Labute approximate surface area is 265 Å². The van der Waals surface area contributed by atoms with E-state index in [1.807, 2.05) is 0 Å². The maximum absolute atomic E-state index is 12.2. The molecule has 8 heteroatoms. The number of carbonyl (C=O) groups is 1. The van der Waals surface area contributed by atoms with Gasteiger partial charge in [0.25, 0.3) is 0 Å². The van der Waals surface area contributed by atoms with Crippen molar-refractivity contribution in [2.24, 2.45) is 11.3 Å². The maximum atomic E-state index is 12.2. The van der Waals surface area contributed by atoms with Gasteiger partial charge in [0, 0.05) is 44.5 Å². The Morgan fingerprint density at radius 2 is 1.50 bits per heavy atom. The summed E-state index contributed by atoms with van der Waals surface area (Å²) in [6.07, 6.45) is 13.9. The Kier molecular flexibility index (Phi) is 20.5. The first-order valence-corrected chi connectivity index (χ1v) is 14.6. The second-order valence-corrected chi connectivity index (χ2v) is 12.4. The Balaban J connectivity index is 0.000000537. The number of carbonyl (C=O) groups excluding carboxylic acids is 2. The minimum Gasteiger partial charge on any atom is -0.545 e. The molecule has 5 nitrogen and oxygen atoms in total. The van der Waals surface area contributed by atoms with E-state index in [4.69, 9.17) is 9.53 Å². The van der Waals surface area contributed by atoms with Gasteiger partial charge in [-0.3, -0.25) is 16.5 Å². The van der Waals surface area contributed by atoms with E-state index in [9.17, 15) is 13.6 Å². The molecule has 1 aliphatic carbocycles. The summed E-state index contributed by atoms with van der Waals surface area (Å²) in [4.78, 5) is 24.5. The van der Waals surface area contributed by atoms with Crippen molar-refractivity contribution in [3.05, 3.63) is 42.3 Å². The van der Waals surface area contributed by atoms with Crippen molar-refractivity contribution in [3.63, 3.8) is 0 Å². The van der Waals surface area contributed by atoms with Gasteiger partial charge in [-0.2, -0.15) is 12.8 Å². The SMILES string of the molecule is C1CCOC1.CC(C)(C)N1CCC(C(=O)N2CCCC2)C1.CC1(C)CC[CH-]CC1.Fc1cccc(F)c1.[CH-]=O.[Na+]. The van der Waals surface area contributed by atoms with E-state index >= 15 is 0 Å². The fraction of sp³-hybridized carbons (Fsp3) is 0.719. The summed E-state index contributed by atoms with van der Waals surface area (Å²) in [5.74, 6) is -0.406. The molecule has 0 radical (unpaired) electrons. The summed E-state index contributed by atoms with van der Waals surface area (Å²) in [5, 5.41) is 0. The third kappa shape index (κ3) is 16.5. The van der Waals surface area contributed by atoms with Crippen molar-refractivity contribution < 1.29 is 52.7 Å². The molecule has 1 atom stereocenters. The van der Waals surface area contributed by atoms with E-state index in [2.05, 4.69) is 57.6 Å². The second kappa shape index (κ2) is 20.9. The van der Waals surface area contributed by atoms with Crippen LogP contribution < -0.4 is 29.6 Å². The molecule has 0 spiro atoms. The van der Waals surface area contributed by atoms with Crippen LogP contribution in [0, 0.1) is 29.4 Å². The minimum atomic E-state index is -0.537. The molecular weight excluding hydrogens is 521 g/mol. The van der Waals surface area contributed by atoms with Crippen LogP contribution in [0.2, 0.25) is 0 Å². The quantitative estimate of drug-likeness (QED) is 0.290. The first-order chi connectivity index (χ1) is 18.5. The number of nitrogens with zero attached hydrogens (tertiary/aromatic N) is 2. The van der Waals surface area contributed by atoms with Gasteiger partial charge in [-0.25, -0.2) is 8.78 Å². The van der Waals surface area contributed by atoms with Crippen molar-refractivity contribution in [1.29, 1.82) is 0 Å². The summed E-state index contributed by atoms with van der Waals surface area (Å²) >= 11 is 0. The standard InChI is InChI=1S/C13H24N2O.C8H15.C6H4F2.C4H8O.CHO.Na/c1-13(2,3)15-9-6-11(10-15)12(16)14-7-4-5-8-14;1-8(2)6-4-3-5-7-8;7-5-2-1-3-6(8)4-5;1-2-4-5-3-1;1-2;/h11H,4-10H2,1-3H3;3H,4-7H2,1-2H3;1-4H;1-4H2;1H;/q;-1;;;-1;+1. The third-order valence-corrected chi connectivity index (χ3v) is 7.57. The molecule has 1 saturated carbocycles. The average Bonchev–Trinajstić information content (AvgIpc) is 3.69. The fourth-order valence-corrected chi connectivity index (χ4v) is 4.99. The van der Waals surface area contributed by atoms with Crippen molar-refractivity contribution in [1.82, 2.24) is 9.80 Å². The molecule has 3 saturated heterocycles. The average molecular weight is 574 g/mol. The van der Waals surface area contributed by atoms with Gasteiger partial charge in [0.1, 0.15) is 11.6 Å². The topological polar surface area (TPSA) is 49.9 Å². The van der Waals surface area contributed by atoms with Crippen LogP contribution in [0.1, 0.15) is 92.4 Å². The molecule has 4 aliphatic rings. The molecule has 3 aliphatic heterocycles. The molecule has 0 aromatic heterocycles. The zero-order chi connectivity index (χ0) is 29.3. The number of benzene rings is 1. The first-order valence-electron chi connectivity index (χ1n) is 14.6. The van der Waals surface area contributed by atoms with Gasteiger partial charge in [-0.05, 0) is 77.0 Å². The number of amides is 1. The Hall–Kier alpha value is -0.860. The van der Waals surface area contributed by atoms with Crippen LogP contribution in [0.15, 0.2) is 24.3 Å². The normalized spacial score (nSPS) is 21.6. The largest absolute Gasteiger partial charge is 1.00 e. The molecule has 0 N–H and O–H groups in total. The second-order valence-electron chi connectivity index (χ2n) is 12.4. The zero-order valence-corrected chi connectivity index (χ0v) is 28.0. The summed E-state index contributed by atoms with van der Waals surface area (Å²) in [5.41, 5.74) is 0.856. The molecule has 5 rings (SSSR count). The Morgan fingerprint density at radius 1 is 0.975 bits per heavy atom. The predicted octanol–water partition coefficient (Wildman–Crippen LogP) is 4.01. The van der Waals surface area contributed by atoms with Crippen molar-refractivity contribution in [3.8, 4) is 0 Å². The molecule has 224 valence electrons. The van der Waals surface area contributed by atoms with E-state index < -0.39 is 11.6 Å². The van der Waals surface area contributed by atoms with E-state index in [1.165, 1.54) is 69.6 Å².